The molecule has 0 aliphatic rings. The minimum atomic E-state index is 0.129. The Labute approximate surface area is 143 Å². The molecule has 2 aromatic carbocycles. The van der Waals surface area contributed by atoms with Crippen molar-refractivity contribution in [2.24, 2.45) is 0 Å². The van der Waals surface area contributed by atoms with Crippen molar-refractivity contribution in [3.63, 3.8) is 0 Å². The van der Waals surface area contributed by atoms with Crippen molar-refractivity contribution in [1.82, 2.24) is 0 Å². The first kappa shape index (κ1) is 17.8. The molecule has 123 valence electrons. The van der Waals surface area contributed by atoms with Crippen molar-refractivity contribution in [2.75, 3.05) is 0 Å². The summed E-state index contributed by atoms with van der Waals surface area (Å²) in [6.45, 7) is 7.06. The molecule has 0 aliphatic carbocycles. The van der Waals surface area contributed by atoms with E-state index in [1.54, 1.807) is 0 Å². The number of rotatable bonds is 9. The third-order valence-electron chi connectivity index (χ3n) is 5.09. The maximum absolute atomic E-state index is 3.50. The Balaban J connectivity index is 2.16. The molecule has 0 saturated carbocycles. The quantitative estimate of drug-likeness (QED) is 0.441. The lowest BCUT2D eigenvalue weighted by molar-refractivity contribution is 0.375. The summed E-state index contributed by atoms with van der Waals surface area (Å²) >= 11 is 0. The van der Waals surface area contributed by atoms with E-state index in [2.05, 4.69) is 81.4 Å². The molecular weight excluding hydrogens is 276 g/mol. The summed E-state index contributed by atoms with van der Waals surface area (Å²) in [7, 11) is 0. The molecule has 0 aromatic heterocycles. The highest BCUT2D eigenvalue weighted by atomic mass is 14.4. The van der Waals surface area contributed by atoms with Crippen LogP contribution in [0.2, 0.25) is 0 Å². The minimum Gasteiger partial charge on any atom is -0.0654 e. The van der Waals surface area contributed by atoms with E-state index in [0.717, 1.165) is 0 Å². The van der Waals surface area contributed by atoms with Gasteiger partial charge in [0.1, 0.15) is 0 Å². The molecule has 0 aliphatic heterocycles. The second-order valence-corrected chi connectivity index (χ2v) is 7.16. The largest absolute Gasteiger partial charge is 0.0654 e. The third-order valence-corrected chi connectivity index (χ3v) is 5.09. The maximum Gasteiger partial charge on any atom is -0.00347 e. The number of benzene rings is 2. The van der Waals surface area contributed by atoms with Gasteiger partial charge >= 0.3 is 0 Å². The maximum atomic E-state index is 3.50. The molecule has 23 heavy (non-hydrogen) atoms. The summed E-state index contributed by atoms with van der Waals surface area (Å²) in [4.78, 5) is 0. The van der Waals surface area contributed by atoms with Gasteiger partial charge in [-0.05, 0) is 34.9 Å². The average molecular weight is 308 g/mol. The lowest BCUT2D eigenvalue weighted by atomic mass is 9.68. The first-order chi connectivity index (χ1) is 11.2. The van der Waals surface area contributed by atoms with Gasteiger partial charge in [-0.25, -0.2) is 0 Å². The molecular formula is C23H31. The fourth-order valence-electron chi connectivity index (χ4n) is 3.55. The van der Waals surface area contributed by atoms with Gasteiger partial charge in [0, 0.05) is 0 Å². The van der Waals surface area contributed by atoms with Crippen molar-refractivity contribution in [1.29, 1.82) is 0 Å². The van der Waals surface area contributed by atoms with E-state index < -0.39 is 0 Å². The summed E-state index contributed by atoms with van der Waals surface area (Å²) in [6, 6.07) is 23.0. The summed E-state index contributed by atoms with van der Waals surface area (Å²) in [5, 5.41) is 0. The molecule has 0 heteroatoms. The van der Waals surface area contributed by atoms with E-state index in [0.29, 0.717) is 5.92 Å². The minimum absolute atomic E-state index is 0.129. The van der Waals surface area contributed by atoms with Crippen LogP contribution in [0, 0.1) is 6.07 Å². The predicted octanol–water partition coefficient (Wildman–Crippen LogP) is 6.91. The lowest BCUT2D eigenvalue weighted by Gasteiger charge is -2.35. The van der Waals surface area contributed by atoms with Crippen LogP contribution in [-0.2, 0) is 5.41 Å². The molecule has 1 atom stereocenters. The molecule has 0 bridgehead atoms. The number of unbranched alkanes of at least 4 members (excludes halogenated alkanes) is 4. The Hall–Kier alpha value is -1.56. The van der Waals surface area contributed by atoms with Crippen LogP contribution in [0.1, 0.15) is 76.3 Å². The van der Waals surface area contributed by atoms with Crippen LogP contribution in [0.3, 0.4) is 0 Å². The average Bonchev–Trinajstić information content (AvgIpc) is 2.59. The van der Waals surface area contributed by atoms with Gasteiger partial charge in [0.2, 0.25) is 0 Å². The Kier molecular flexibility index (Phi) is 6.89. The van der Waals surface area contributed by atoms with Gasteiger partial charge in [0.15, 0.2) is 0 Å². The molecule has 1 radical (unpaired) electrons. The van der Waals surface area contributed by atoms with Gasteiger partial charge in [0.05, 0.1) is 0 Å². The topological polar surface area (TPSA) is 0 Å². The molecule has 0 N–H and O–H groups in total. The fraction of sp³-hybridized carbons (Fsp3) is 0.478. The zero-order chi connectivity index (χ0) is 16.5. The highest BCUT2D eigenvalue weighted by Gasteiger charge is 2.31. The van der Waals surface area contributed by atoms with E-state index in [-0.39, 0.29) is 5.41 Å². The molecule has 0 nitrogen and oxygen atoms in total. The monoisotopic (exact) mass is 307 g/mol. The number of hydrogen-bond acceptors (Lipinski definition) is 0. The molecule has 2 aromatic rings. The van der Waals surface area contributed by atoms with E-state index in [9.17, 15) is 0 Å². The summed E-state index contributed by atoms with van der Waals surface area (Å²) in [5.41, 5.74) is 2.91. The van der Waals surface area contributed by atoms with Crippen molar-refractivity contribution < 1.29 is 0 Å². The van der Waals surface area contributed by atoms with Crippen molar-refractivity contribution >= 4 is 0 Å². The molecule has 0 heterocycles. The zero-order valence-electron chi connectivity index (χ0n) is 15.0. The van der Waals surface area contributed by atoms with Crippen molar-refractivity contribution in [2.45, 2.75) is 70.6 Å². The molecule has 0 fully saturated rings. The second-order valence-electron chi connectivity index (χ2n) is 7.16. The number of hydrogen-bond donors (Lipinski definition) is 0. The Bertz CT molecular complexity index is 539. The van der Waals surface area contributed by atoms with E-state index in [1.165, 1.54) is 49.7 Å². The van der Waals surface area contributed by atoms with Crippen molar-refractivity contribution in [3.8, 4) is 0 Å². The van der Waals surface area contributed by atoms with Gasteiger partial charge < -0.3 is 0 Å². The van der Waals surface area contributed by atoms with Crippen LogP contribution < -0.4 is 0 Å². The summed E-state index contributed by atoms with van der Waals surface area (Å²) < 4.78 is 0. The van der Waals surface area contributed by atoms with Gasteiger partial charge in [0.25, 0.3) is 0 Å². The SMILES string of the molecule is CCCCCCCC(c1[c]cccc1)C(C)(C)c1ccccc1. The van der Waals surface area contributed by atoms with E-state index in [4.69, 9.17) is 0 Å². The Morgan fingerprint density at radius 2 is 1.57 bits per heavy atom. The highest BCUT2D eigenvalue weighted by molar-refractivity contribution is 5.31. The Morgan fingerprint density at radius 3 is 2.22 bits per heavy atom. The highest BCUT2D eigenvalue weighted by Crippen LogP contribution is 2.41. The Morgan fingerprint density at radius 1 is 0.870 bits per heavy atom. The molecule has 0 spiro atoms. The summed E-state index contributed by atoms with van der Waals surface area (Å²) in [5.74, 6) is 0.521. The fourth-order valence-corrected chi connectivity index (χ4v) is 3.55. The first-order valence-electron chi connectivity index (χ1n) is 9.18. The molecule has 0 saturated heterocycles. The first-order valence-corrected chi connectivity index (χ1v) is 9.18. The lowest BCUT2D eigenvalue weighted by Crippen LogP contribution is -2.27. The third kappa shape index (κ3) is 4.96. The van der Waals surface area contributed by atoms with Crippen LogP contribution in [-0.4, -0.2) is 0 Å². The second kappa shape index (κ2) is 8.91. The van der Waals surface area contributed by atoms with Gasteiger partial charge in [-0.3, -0.25) is 0 Å². The van der Waals surface area contributed by atoms with Crippen LogP contribution in [0.5, 0.6) is 0 Å². The van der Waals surface area contributed by atoms with E-state index in [1.807, 2.05) is 0 Å². The smallest absolute Gasteiger partial charge is 0.00347 e. The van der Waals surface area contributed by atoms with Crippen LogP contribution in [0.25, 0.3) is 0 Å². The standard InChI is InChI=1S/C23H31/c1-4-5-6-7-14-19-22(20-15-10-8-11-16-20)23(2,3)21-17-12-9-13-18-21/h8-13,15,17-18,22H,4-7,14,19H2,1-3H3. The van der Waals surface area contributed by atoms with E-state index >= 15 is 0 Å². The summed E-state index contributed by atoms with van der Waals surface area (Å²) in [6.07, 6.45) is 7.95. The molecule has 2 rings (SSSR count). The van der Waals surface area contributed by atoms with Crippen LogP contribution in [0.15, 0.2) is 54.6 Å². The van der Waals surface area contributed by atoms with Gasteiger partial charge in [-0.2, -0.15) is 0 Å². The van der Waals surface area contributed by atoms with Gasteiger partial charge in [-0.15, -0.1) is 0 Å². The molecule has 1 unspecified atom stereocenters. The van der Waals surface area contributed by atoms with Crippen molar-refractivity contribution in [3.05, 3.63) is 71.8 Å². The van der Waals surface area contributed by atoms with Gasteiger partial charge in [-0.1, -0.05) is 107 Å². The zero-order valence-corrected chi connectivity index (χ0v) is 15.0. The predicted molar refractivity (Wildman–Crippen MR) is 101 cm³/mol. The van der Waals surface area contributed by atoms with Crippen LogP contribution in [0.4, 0.5) is 0 Å². The normalized spacial score (nSPS) is 13.0. The molecule has 0 amide bonds. The van der Waals surface area contributed by atoms with Crippen LogP contribution >= 0.6 is 0 Å².